The number of carbonyl (C=O) groups excluding carboxylic acids is 1. The molecule has 21 heavy (non-hydrogen) atoms. The van der Waals surface area contributed by atoms with Gasteiger partial charge in [0.2, 0.25) is 6.10 Å². The van der Waals surface area contributed by atoms with Gasteiger partial charge >= 0.3 is 5.97 Å². The molecular formula is C15H19NO5. The van der Waals surface area contributed by atoms with Crippen LogP contribution in [0, 0.1) is 5.92 Å². The molecule has 1 heterocycles. The molecule has 0 saturated carbocycles. The second-order valence-electron chi connectivity index (χ2n) is 5.39. The molecule has 0 spiro atoms. The van der Waals surface area contributed by atoms with Crippen molar-refractivity contribution < 1.29 is 24.2 Å². The van der Waals surface area contributed by atoms with Gasteiger partial charge in [-0.2, -0.15) is 0 Å². The Morgan fingerprint density at radius 1 is 1.33 bits per heavy atom. The van der Waals surface area contributed by atoms with E-state index in [1.54, 1.807) is 18.2 Å². The van der Waals surface area contributed by atoms with Gasteiger partial charge in [0.1, 0.15) is 12.6 Å². The molecule has 2 atom stereocenters. The Morgan fingerprint density at radius 2 is 2.00 bits per heavy atom. The number of hydrogen-bond donors (Lipinski definition) is 2. The Morgan fingerprint density at radius 3 is 2.62 bits per heavy atom. The van der Waals surface area contributed by atoms with Gasteiger partial charge in [-0.05, 0) is 24.5 Å². The first kappa shape index (κ1) is 15.2. The van der Waals surface area contributed by atoms with E-state index in [0.29, 0.717) is 17.9 Å². The zero-order valence-electron chi connectivity index (χ0n) is 12.0. The average molecular weight is 293 g/mol. The molecule has 1 aliphatic rings. The summed E-state index contributed by atoms with van der Waals surface area (Å²) in [4.78, 5) is 23.3. The van der Waals surface area contributed by atoms with Gasteiger partial charge in [0.05, 0.1) is 0 Å². The van der Waals surface area contributed by atoms with Gasteiger partial charge in [0.25, 0.3) is 5.91 Å². The third-order valence-electron chi connectivity index (χ3n) is 3.12. The monoisotopic (exact) mass is 293 g/mol. The van der Waals surface area contributed by atoms with E-state index in [2.05, 4.69) is 5.32 Å². The van der Waals surface area contributed by atoms with Crippen LogP contribution in [-0.4, -0.2) is 35.7 Å². The second-order valence-corrected chi connectivity index (χ2v) is 5.39. The van der Waals surface area contributed by atoms with Crippen molar-refractivity contribution in [2.45, 2.75) is 32.4 Å². The molecule has 1 aliphatic heterocycles. The van der Waals surface area contributed by atoms with Crippen molar-refractivity contribution in [3.05, 3.63) is 24.3 Å². The second kappa shape index (κ2) is 6.47. The first-order valence-electron chi connectivity index (χ1n) is 6.89. The van der Waals surface area contributed by atoms with Crippen molar-refractivity contribution in [1.82, 2.24) is 5.32 Å². The number of nitrogens with one attached hydrogen (secondary N) is 1. The fourth-order valence-corrected chi connectivity index (χ4v) is 2.11. The maximum Gasteiger partial charge on any atom is 0.326 e. The summed E-state index contributed by atoms with van der Waals surface area (Å²) in [6, 6.07) is 6.13. The summed E-state index contributed by atoms with van der Waals surface area (Å²) < 4.78 is 11.0. The predicted octanol–water partition coefficient (Wildman–Crippen LogP) is 1.44. The number of aliphatic carboxylic acids is 1. The standard InChI is InChI=1S/C15H19NO5/c1-9(2)7-10(15(18)19)16-14(17)13-8-20-11-5-3-4-6-12(11)21-13/h3-6,9-10,13H,7-8H2,1-2H3,(H,16,17)(H,18,19). The van der Waals surface area contributed by atoms with E-state index in [4.69, 9.17) is 14.6 Å². The van der Waals surface area contributed by atoms with Gasteiger partial charge in [0.15, 0.2) is 11.5 Å². The van der Waals surface area contributed by atoms with Crippen molar-refractivity contribution in [1.29, 1.82) is 0 Å². The number of carboxylic acid groups (broad SMARTS) is 1. The smallest absolute Gasteiger partial charge is 0.326 e. The minimum Gasteiger partial charge on any atom is -0.485 e. The molecule has 0 radical (unpaired) electrons. The van der Waals surface area contributed by atoms with Gasteiger partial charge in [-0.3, -0.25) is 4.79 Å². The molecule has 2 N–H and O–H groups in total. The van der Waals surface area contributed by atoms with E-state index in [1.165, 1.54) is 0 Å². The Kier molecular flexibility index (Phi) is 4.67. The third-order valence-corrected chi connectivity index (χ3v) is 3.12. The SMILES string of the molecule is CC(C)CC(NC(=O)C1COc2ccccc2O1)C(=O)O. The quantitative estimate of drug-likeness (QED) is 0.858. The fraction of sp³-hybridized carbons (Fsp3) is 0.467. The normalized spacial score (nSPS) is 18.1. The minimum atomic E-state index is -1.05. The van der Waals surface area contributed by atoms with Crippen LogP contribution < -0.4 is 14.8 Å². The van der Waals surface area contributed by atoms with Crippen molar-refractivity contribution in [2.24, 2.45) is 5.92 Å². The van der Waals surface area contributed by atoms with E-state index < -0.39 is 24.0 Å². The number of fused-ring (bicyclic) bond motifs is 1. The lowest BCUT2D eigenvalue weighted by atomic mass is 10.0. The summed E-state index contributed by atoms with van der Waals surface area (Å²) in [6.45, 7) is 3.87. The summed E-state index contributed by atoms with van der Waals surface area (Å²) in [5.74, 6) is -0.291. The molecule has 0 aromatic heterocycles. The molecule has 0 fully saturated rings. The first-order valence-corrected chi connectivity index (χ1v) is 6.89. The number of carbonyl (C=O) groups is 2. The summed E-state index contributed by atoms with van der Waals surface area (Å²) in [5.41, 5.74) is 0. The lowest BCUT2D eigenvalue weighted by molar-refractivity contribution is -0.144. The number of rotatable bonds is 5. The highest BCUT2D eigenvalue weighted by Gasteiger charge is 2.30. The van der Waals surface area contributed by atoms with Crippen molar-refractivity contribution >= 4 is 11.9 Å². The zero-order valence-corrected chi connectivity index (χ0v) is 12.0. The van der Waals surface area contributed by atoms with Crippen LogP contribution in [0.3, 0.4) is 0 Å². The van der Waals surface area contributed by atoms with E-state index in [0.717, 1.165) is 0 Å². The maximum absolute atomic E-state index is 12.1. The first-order chi connectivity index (χ1) is 9.97. The number of hydrogen-bond acceptors (Lipinski definition) is 4. The van der Waals surface area contributed by atoms with Crippen molar-refractivity contribution in [3.8, 4) is 11.5 Å². The highest BCUT2D eigenvalue weighted by atomic mass is 16.6. The summed E-state index contributed by atoms with van der Waals surface area (Å²) >= 11 is 0. The molecular weight excluding hydrogens is 274 g/mol. The molecule has 0 aliphatic carbocycles. The highest BCUT2D eigenvalue weighted by Crippen LogP contribution is 2.30. The molecule has 114 valence electrons. The number of carboxylic acids is 1. The Hall–Kier alpha value is -2.24. The van der Waals surface area contributed by atoms with Crippen LogP contribution in [0.2, 0.25) is 0 Å². The van der Waals surface area contributed by atoms with Gasteiger partial charge in [-0.25, -0.2) is 4.79 Å². The molecule has 2 rings (SSSR count). The fourth-order valence-electron chi connectivity index (χ4n) is 2.11. The highest BCUT2D eigenvalue weighted by molar-refractivity contribution is 5.86. The molecule has 0 bridgehead atoms. The van der Waals surface area contributed by atoms with Crippen molar-refractivity contribution in [3.63, 3.8) is 0 Å². The van der Waals surface area contributed by atoms with Crippen LogP contribution in [-0.2, 0) is 9.59 Å². The van der Waals surface area contributed by atoms with E-state index in [1.807, 2.05) is 19.9 Å². The molecule has 1 aromatic carbocycles. The lowest BCUT2D eigenvalue weighted by Gasteiger charge is -2.27. The predicted molar refractivity (Wildman–Crippen MR) is 75.4 cm³/mol. The lowest BCUT2D eigenvalue weighted by Crippen LogP contribution is -2.50. The van der Waals surface area contributed by atoms with E-state index in [9.17, 15) is 9.59 Å². The summed E-state index contributed by atoms with van der Waals surface area (Å²) in [5, 5.41) is 11.6. The largest absolute Gasteiger partial charge is 0.485 e. The van der Waals surface area contributed by atoms with Crippen molar-refractivity contribution in [2.75, 3.05) is 6.61 Å². The zero-order chi connectivity index (χ0) is 15.4. The van der Waals surface area contributed by atoms with Gasteiger partial charge in [-0.15, -0.1) is 0 Å². The van der Waals surface area contributed by atoms with Crippen LogP contribution in [0.15, 0.2) is 24.3 Å². The number of benzene rings is 1. The molecule has 6 nitrogen and oxygen atoms in total. The number of ether oxygens (including phenoxy) is 2. The topological polar surface area (TPSA) is 84.9 Å². The maximum atomic E-state index is 12.1. The van der Waals surface area contributed by atoms with Gasteiger partial charge in [-0.1, -0.05) is 26.0 Å². The van der Waals surface area contributed by atoms with E-state index in [-0.39, 0.29) is 12.5 Å². The van der Waals surface area contributed by atoms with Crippen LogP contribution >= 0.6 is 0 Å². The van der Waals surface area contributed by atoms with Gasteiger partial charge < -0.3 is 19.9 Å². The summed E-state index contributed by atoms with van der Waals surface area (Å²) in [6.07, 6.45) is -0.473. The Bertz CT molecular complexity index is 529. The average Bonchev–Trinajstić information content (AvgIpc) is 2.45. The minimum absolute atomic E-state index is 0.0663. The van der Waals surface area contributed by atoms with Crippen LogP contribution in [0.5, 0.6) is 11.5 Å². The molecule has 2 unspecified atom stereocenters. The van der Waals surface area contributed by atoms with Crippen LogP contribution in [0.25, 0.3) is 0 Å². The molecule has 1 amide bonds. The van der Waals surface area contributed by atoms with E-state index >= 15 is 0 Å². The third kappa shape index (κ3) is 3.87. The number of amides is 1. The molecule has 1 aromatic rings. The summed E-state index contributed by atoms with van der Waals surface area (Å²) in [7, 11) is 0. The van der Waals surface area contributed by atoms with Gasteiger partial charge in [0, 0.05) is 0 Å². The number of para-hydroxylation sites is 2. The Labute approximate surface area is 123 Å². The Balaban J connectivity index is 1.99. The molecule has 0 saturated heterocycles. The van der Waals surface area contributed by atoms with Crippen LogP contribution in [0.4, 0.5) is 0 Å². The van der Waals surface area contributed by atoms with Crippen LogP contribution in [0.1, 0.15) is 20.3 Å². The molecule has 6 heteroatoms.